The SMILES string of the molecule is COc1cc2c(cc1OC)CN(C(=O)COC(=O)Cc1ccccc1Cl)CC2. The first-order chi connectivity index (χ1) is 13.5. The summed E-state index contributed by atoms with van der Waals surface area (Å²) in [4.78, 5) is 26.2. The van der Waals surface area contributed by atoms with Gasteiger partial charge in [-0.2, -0.15) is 0 Å². The number of carbonyl (C=O) groups excluding carboxylic acids is 2. The van der Waals surface area contributed by atoms with Crippen molar-refractivity contribution in [2.75, 3.05) is 27.4 Å². The van der Waals surface area contributed by atoms with Gasteiger partial charge in [-0.15, -0.1) is 0 Å². The molecule has 0 saturated carbocycles. The van der Waals surface area contributed by atoms with Gasteiger partial charge in [0.2, 0.25) is 0 Å². The summed E-state index contributed by atoms with van der Waals surface area (Å²) < 4.78 is 15.8. The minimum atomic E-state index is -0.481. The van der Waals surface area contributed by atoms with E-state index in [-0.39, 0.29) is 18.9 Å². The molecular weight excluding hydrogens is 382 g/mol. The minimum absolute atomic E-state index is 0.0345. The number of nitrogens with zero attached hydrogens (tertiary/aromatic N) is 1. The van der Waals surface area contributed by atoms with Crippen LogP contribution in [0.25, 0.3) is 0 Å². The third-order valence-corrected chi connectivity index (χ3v) is 5.09. The standard InChI is InChI=1S/C21H22ClNO5/c1-26-18-9-14-7-8-23(12-16(14)10-19(18)27-2)20(24)13-28-21(25)11-15-5-3-4-6-17(15)22/h3-6,9-10H,7-8,11-13H2,1-2H3. The first-order valence-corrected chi connectivity index (χ1v) is 9.30. The van der Waals surface area contributed by atoms with Crippen LogP contribution in [0.5, 0.6) is 11.5 Å². The summed E-state index contributed by atoms with van der Waals surface area (Å²) in [5, 5.41) is 0.503. The summed E-state index contributed by atoms with van der Waals surface area (Å²) in [5.74, 6) is 0.592. The predicted octanol–water partition coefficient (Wildman–Crippen LogP) is 3.03. The first kappa shape index (κ1) is 20.0. The number of hydrogen-bond donors (Lipinski definition) is 0. The monoisotopic (exact) mass is 403 g/mol. The van der Waals surface area contributed by atoms with Crippen molar-refractivity contribution in [1.29, 1.82) is 0 Å². The normalized spacial score (nSPS) is 12.9. The summed E-state index contributed by atoms with van der Waals surface area (Å²) in [5.41, 5.74) is 2.80. The van der Waals surface area contributed by atoms with Crippen LogP contribution in [0.3, 0.4) is 0 Å². The fourth-order valence-electron chi connectivity index (χ4n) is 3.18. The Morgan fingerprint density at radius 3 is 2.43 bits per heavy atom. The zero-order valence-corrected chi connectivity index (χ0v) is 16.6. The van der Waals surface area contributed by atoms with Crippen molar-refractivity contribution in [2.45, 2.75) is 19.4 Å². The van der Waals surface area contributed by atoms with Gasteiger partial charge in [-0.1, -0.05) is 29.8 Å². The quantitative estimate of drug-likeness (QED) is 0.694. The van der Waals surface area contributed by atoms with Gasteiger partial charge in [0.1, 0.15) is 0 Å². The summed E-state index contributed by atoms with van der Waals surface area (Å²) in [7, 11) is 3.17. The van der Waals surface area contributed by atoms with Gasteiger partial charge in [-0.25, -0.2) is 0 Å². The molecule has 28 heavy (non-hydrogen) atoms. The lowest BCUT2D eigenvalue weighted by atomic mass is 9.99. The molecule has 0 aromatic heterocycles. The second kappa shape index (κ2) is 8.97. The highest BCUT2D eigenvalue weighted by Crippen LogP contribution is 2.33. The lowest BCUT2D eigenvalue weighted by molar-refractivity contribution is -0.151. The van der Waals surface area contributed by atoms with Gasteiger partial charge in [0, 0.05) is 18.1 Å². The average molecular weight is 404 g/mol. The van der Waals surface area contributed by atoms with E-state index in [9.17, 15) is 9.59 Å². The predicted molar refractivity (Wildman–Crippen MR) is 105 cm³/mol. The Kier molecular flexibility index (Phi) is 6.41. The zero-order valence-electron chi connectivity index (χ0n) is 15.9. The molecule has 0 spiro atoms. The highest BCUT2D eigenvalue weighted by molar-refractivity contribution is 6.31. The Morgan fingerprint density at radius 1 is 1.07 bits per heavy atom. The lowest BCUT2D eigenvalue weighted by Crippen LogP contribution is -2.38. The van der Waals surface area contributed by atoms with E-state index < -0.39 is 5.97 Å². The second-order valence-corrected chi connectivity index (χ2v) is 6.88. The molecule has 0 radical (unpaired) electrons. The van der Waals surface area contributed by atoms with E-state index in [1.54, 1.807) is 43.4 Å². The minimum Gasteiger partial charge on any atom is -0.493 e. The number of benzene rings is 2. The number of ether oxygens (including phenoxy) is 3. The van der Waals surface area contributed by atoms with Gasteiger partial charge >= 0.3 is 5.97 Å². The summed E-state index contributed by atoms with van der Waals surface area (Å²) in [6.07, 6.45) is 0.738. The fraction of sp³-hybridized carbons (Fsp3) is 0.333. The molecule has 1 aliphatic heterocycles. The molecular formula is C21H22ClNO5. The average Bonchev–Trinajstić information content (AvgIpc) is 2.72. The molecule has 2 aromatic rings. The first-order valence-electron chi connectivity index (χ1n) is 8.92. The van der Waals surface area contributed by atoms with Gasteiger partial charge in [-0.05, 0) is 41.3 Å². The van der Waals surface area contributed by atoms with Crippen LogP contribution in [0.1, 0.15) is 16.7 Å². The molecule has 0 N–H and O–H groups in total. The Morgan fingerprint density at radius 2 is 1.75 bits per heavy atom. The third kappa shape index (κ3) is 4.57. The van der Waals surface area contributed by atoms with Crippen LogP contribution in [0.2, 0.25) is 5.02 Å². The maximum absolute atomic E-state index is 12.5. The molecule has 0 unspecified atom stereocenters. The van der Waals surface area contributed by atoms with E-state index in [4.69, 9.17) is 25.8 Å². The maximum atomic E-state index is 12.5. The fourth-order valence-corrected chi connectivity index (χ4v) is 3.38. The molecule has 0 aliphatic carbocycles. The van der Waals surface area contributed by atoms with E-state index in [0.29, 0.717) is 41.6 Å². The van der Waals surface area contributed by atoms with Crippen LogP contribution >= 0.6 is 11.6 Å². The number of hydrogen-bond acceptors (Lipinski definition) is 5. The molecule has 1 amide bonds. The Hall–Kier alpha value is -2.73. The number of rotatable bonds is 6. The Labute approximate surface area is 168 Å². The van der Waals surface area contributed by atoms with Crippen molar-refractivity contribution < 1.29 is 23.8 Å². The van der Waals surface area contributed by atoms with Crippen molar-refractivity contribution in [3.05, 3.63) is 58.1 Å². The highest BCUT2D eigenvalue weighted by Gasteiger charge is 2.23. The van der Waals surface area contributed by atoms with Crippen LogP contribution in [0, 0.1) is 0 Å². The molecule has 0 atom stereocenters. The number of halogens is 1. The van der Waals surface area contributed by atoms with E-state index in [1.165, 1.54) is 0 Å². The van der Waals surface area contributed by atoms with Gasteiger partial charge in [-0.3, -0.25) is 9.59 Å². The topological polar surface area (TPSA) is 65.1 Å². The van der Waals surface area contributed by atoms with E-state index >= 15 is 0 Å². The molecule has 0 saturated heterocycles. The molecule has 6 nitrogen and oxygen atoms in total. The van der Waals surface area contributed by atoms with Crippen molar-refractivity contribution in [3.8, 4) is 11.5 Å². The van der Waals surface area contributed by atoms with Crippen molar-refractivity contribution >= 4 is 23.5 Å². The number of methoxy groups -OCH3 is 2. The molecule has 148 valence electrons. The Bertz CT molecular complexity index is 883. The number of amides is 1. The van der Waals surface area contributed by atoms with Gasteiger partial charge < -0.3 is 19.1 Å². The van der Waals surface area contributed by atoms with E-state index in [1.807, 2.05) is 12.1 Å². The van der Waals surface area contributed by atoms with Crippen LogP contribution in [-0.2, 0) is 33.7 Å². The number of carbonyl (C=O) groups is 2. The molecule has 1 heterocycles. The van der Waals surface area contributed by atoms with Crippen molar-refractivity contribution in [2.24, 2.45) is 0 Å². The van der Waals surface area contributed by atoms with Crippen molar-refractivity contribution in [1.82, 2.24) is 4.90 Å². The molecule has 1 aliphatic rings. The molecule has 2 aromatic carbocycles. The van der Waals surface area contributed by atoms with Crippen LogP contribution in [0.15, 0.2) is 36.4 Å². The zero-order chi connectivity index (χ0) is 20.1. The summed E-state index contributed by atoms with van der Waals surface area (Å²) >= 11 is 6.04. The smallest absolute Gasteiger partial charge is 0.310 e. The summed E-state index contributed by atoms with van der Waals surface area (Å²) in [6, 6.07) is 10.9. The van der Waals surface area contributed by atoms with E-state index in [2.05, 4.69) is 0 Å². The molecule has 3 rings (SSSR count). The van der Waals surface area contributed by atoms with Crippen molar-refractivity contribution in [3.63, 3.8) is 0 Å². The molecule has 7 heteroatoms. The highest BCUT2D eigenvalue weighted by atomic mass is 35.5. The third-order valence-electron chi connectivity index (χ3n) is 4.72. The number of fused-ring (bicyclic) bond motifs is 1. The molecule has 0 fully saturated rings. The van der Waals surface area contributed by atoms with Gasteiger partial charge in [0.15, 0.2) is 18.1 Å². The number of esters is 1. The lowest BCUT2D eigenvalue weighted by Gasteiger charge is -2.29. The Balaban J connectivity index is 1.57. The van der Waals surface area contributed by atoms with Crippen LogP contribution < -0.4 is 9.47 Å². The van der Waals surface area contributed by atoms with Crippen LogP contribution in [-0.4, -0.2) is 44.1 Å². The van der Waals surface area contributed by atoms with E-state index in [0.717, 1.165) is 11.1 Å². The van der Waals surface area contributed by atoms with Gasteiger partial charge in [0.05, 0.1) is 20.6 Å². The largest absolute Gasteiger partial charge is 0.493 e. The summed E-state index contributed by atoms with van der Waals surface area (Å²) in [6.45, 7) is 0.714. The second-order valence-electron chi connectivity index (χ2n) is 6.47. The maximum Gasteiger partial charge on any atom is 0.310 e. The molecule has 0 bridgehead atoms. The van der Waals surface area contributed by atoms with Gasteiger partial charge in [0.25, 0.3) is 5.91 Å². The van der Waals surface area contributed by atoms with Crippen LogP contribution in [0.4, 0.5) is 0 Å².